The summed E-state index contributed by atoms with van der Waals surface area (Å²) in [7, 11) is -3.31. The highest BCUT2D eigenvalue weighted by atomic mass is 32.2. The average molecular weight is 522 g/mol. The van der Waals surface area contributed by atoms with Gasteiger partial charge in [-0.1, -0.05) is 12.1 Å². The fourth-order valence-electron chi connectivity index (χ4n) is 5.06. The third-order valence-electron chi connectivity index (χ3n) is 7.14. The number of aryl methyl sites for hydroxylation is 1. The van der Waals surface area contributed by atoms with Crippen LogP contribution in [0.2, 0.25) is 0 Å². The SMILES string of the molecule is Cc1cnc2[nH]c3c(OC[C@@H](O)CN4CCOCC4)ccc(-c4cccc(S(=O)(=O)C5CC5)c4)c3c2c1. The Bertz CT molecular complexity index is 1560. The van der Waals surface area contributed by atoms with Gasteiger partial charge in [-0.05, 0) is 66.8 Å². The number of sulfone groups is 1. The number of fused-ring (bicyclic) bond motifs is 3. The molecule has 2 fully saturated rings. The second-order valence-electron chi connectivity index (χ2n) is 10.0. The van der Waals surface area contributed by atoms with Gasteiger partial charge in [0, 0.05) is 36.6 Å². The van der Waals surface area contributed by atoms with Crippen molar-refractivity contribution in [1.82, 2.24) is 14.9 Å². The van der Waals surface area contributed by atoms with Crippen LogP contribution in [0.1, 0.15) is 18.4 Å². The molecule has 2 aromatic carbocycles. The molecule has 2 aliphatic rings. The van der Waals surface area contributed by atoms with Gasteiger partial charge < -0.3 is 19.6 Å². The number of aliphatic hydroxyl groups is 1. The zero-order chi connectivity index (χ0) is 25.6. The minimum absolute atomic E-state index is 0.155. The summed E-state index contributed by atoms with van der Waals surface area (Å²) in [6.07, 6.45) is 2.63. The van der Waals surface area contributed by atoms with E-state index in [1.165, 1.54) is 0 Å². The lowest BCUT2D eigenvalue weighted by Gasteiger charge is -2.28. The molecule has 0 unspecified atom stereocenters. The van der Waals surface area contributed by atoms with Crippen LogP contribution < -0.4 is 4.74 Å². The standard InChI is InChI=1S/C28H31N3O5S/c1-18-13-24-26-23(19-3-2-4-22(14-19)37(33,34)21-5-6-21)7-8-25(27(26)30-28(24)29-15-18)36-17-20(32)16-31-9-11-35-12-10-31/h2-4,7-8,13-15,20-21,32H,5-6,9-12,16-17H2,1H3,(H,29,30)/t20-/m0/s1. The van der Waals surface area contributed by atoms with Gasteiger partial charge in [0.05, 0.1) is 28.9 Å². The molecule has 194 valence electrons. The van der Waals surface area contributed by atoms with Crippen LogP contribution in [0.25, 0.3) is 33.1 Å². The Labute approximate surface area is 216 Å². The second-order valence-corrected chi connectivity index (χ2v) is 12.3. The molecule has 0 spiro atoms. The predicted molar refractivity (Wildman–Crippen MR) is 143 cm³/mol. The van der Waals surface area contributed by atoms with Gasteiger partial charge >= 0.3 is 0 Å². The normalized spacial score (nSPS) is 17.9. The summed E-state index contributed by atoms with van der Waals surface area (Å²) in [5, 5.41) is 12.2. The highest BCUT2D eigenvalue weighted by molar-refractivity contribution is 7.92. The van der Waals surface area contributed by atoms with Crippen molar-refractivity contribution < 1.29 is 23.0 Å². The molecule has 1 saturated carbocycles. The molecule has 6 rings (SSSR count). The number of aromatic nitrogens is 2. The molecule has 8 nitrogen and oxygen atoms in total. The van der Waals surface area contributed by atoms with E-state index in [1.54, 1.807) is 18.2 Å². The molecule has 4 aromatic rings. The molecule has 1 saturated heterocycles. The van der Waals surface area contributed by atoms with Gasteiger partial charge in [-0.2, -0.15) is 0 Å². The van der Waals surface area contributed by atoms with Crippen molar-refractivity contribution in [1.29, 1.82) is 0 Å². The van der Waals surface area contributed by atoms with E-state index in [0.29, 0.717) is 30.4 Å². The van der Waals surface area contributed by atoms with Gasteiger partial charge in [-0.3, -0.25) is 4.90 Å². The first kappa shape index (κ1) is 24.4. The number of benzene rings is 2. The molecule has 2 aromatic heterocycles. The summed E-state index contributed by atoms with van der Waals surface area (Å²) in [5.74, 6) is 0.622. The first-order valence-electron chi connectivity index (χ1n) is 12.8. The number of ether oxygens (including phenoxy) is 2. The molecule has 1 aliphatic heterocycles. The first-order valence-corrected chi connectivity index (χ1v) is 14.3. The Kier molecular flexibility index (Phi) is 6.40. The molecule has 1 aliphatic carbocycles. The van der Waals surface area contributed by atoms with Crippen LogP contribution in [0, 0.1) is 6.92 Å². The number of H-pyrrole nitrogens is 1. The summed E-state index contributed by atoms with van der Waals surface area (Å²) in [4.78, 5) is 10.5. The molecule has 37 heavy (non-hydrogen) atoms. The Hall–Kier alpha value is -2.98. The number of nitrogens with zero attached hydrogens (tertiary/aromatic N) is 2. The molecular formula is C28H31N3O5S. The minimum Gasteiger partial charge on any atom is -0.489 e. The van der Waals surface area contributed by atoms with Gasteiger partial charge in [0.25, 0.3) is 0 Å². The van der Waals surface area contributed by atoms with Crippen LogP contribution >= 0.6 is 0 Å². The number of aromatic amines is 1. The van der Waals surface area contributed by atoms with Crippen LogP contribution in [-0.2, 0) is 14.6 Å². The number of hydrogen-bond donors (Lipinski definition) is 2. The Morgan fingerprint density at radius 2 is 2.00 bits per heavy atom. The van der Waals surface area contributed by atoms with Crippen LogP contribution in [0.4, 0.5) is 0 Å². The quantitative estimate of drug-likeness (QED) is 0.364. The molecule has 1 atom stereocenters. The monoisotopic (exact) mass is 521 g/mol. The van der Waals surface area contributed by atoms with Crippen LogP contribution in [0.15, 0.2) is 53.6 Å². The number of morpholine rings is 1. The van der Waals surface area contributed by atoms with Crippen molar-refractivity contribution in [3.8, 4) is 16.9 Å². The zero-order valence-electron chi connectivity index (χ0n) is 20.8. The van der Waals surface area contributed by atoms with E-state index in [9.17, 15) is 13.5 Å². The molecule has 9 heteroatoms. The molecule has 2 N–H and O–H groups in total. The summed E-state index contributed by atoms with van der Waals surface area (Å²) in [6, 6.07) is 13.1. The summed E-state index contributed by atoms with van der Waals surface area (Å²) < 4.78 is 37.4. The number of hydrogen-bond acceptors (Lipinski definition) is 7. The van der Waals surface area contributed by atoms with E-state index in [1.807, 2.05) is 31.3 Å². The molecule has 3 heterocycles. The number of rotatable bonds is 8. The molecule has 0 bridgehead atoms. The fraction of sp³-hybridized carbons (Fsp3) is 0.393. The van der Waals surface area contributed by atoms with Crippen LogP contribution in [-0.4, -0.2) is 79.2 Å². The highest BCUT2D eigenvalue weighted by Crippen LogP contribution is 2.40. The lowest BCUT2D eigenvalue weighted by atomic mass is 9.99. The van der Waals surface area contributed by atoms with Gasteiger partial charge in [0.2, 0.25) is 0 Å². The Morgan fingerprint density at radius 3 is 2.78 bits per heavy atom. The summed E-state index contributed by atoms with van der Waals surface area (Å²) >= 11 is 0. The first-order chi connectivity index (χ1) is 17.9. The van der Waals surface area contributed by atoms with Gasteiger partial charge in [0.1, 0.15) is 24.1 Å². The largest absolute Gasteiger partial charge is 0.489 e. The lowest BCUT2D eigenvalue weighted by Crippen LogP contribution is -2.42. The number of pyridine rings is 1. The number of β-amino-alcohol motifs (C(OH)–C–C–N with tert-alkyl or cyclic N) is 1. The maximum absolute atomic E-state index is 12.9. The zero-order valence-corrected chi connectivity index (χ0v) is 21.6. The van der Waals surface area contributed by atoms with Crippen molar-refractivity contribution in [2.75, 3.05) is 39.5 Å². The van der Waals surface area contributed by atoms with E-state index >= 15 is 0 Å². The third-order valence-corrected chi connectivity index (χ3v) is 9.40. The molecule has 0 amide bonds. The van der Waals surface area contributed by atoms with Gasteiger partial charge in [-0.15, -0.1) is 0 Å². The third kappa shape index (κ3) is 4.84. The van der Waals surface area contributed by atoms with Gasteiger partial charge in [0.15, 0.2) is 9.84 Å². The molecule has 0 radical (unpaired) electrons. The Balaban J connectivity index is 1.37. The minimum atomic E-state index is -3.31. The summed E-state index contributed by atoms with van der Waals surface area (Å²) in [6.45, 7) is 5.65. The van der Waals surface area contributed by atoms with Crippen molar-refractivity contribution >= 4 is 31.8 Å². The van der Waals surface area contributed by atoms with E-state index < -0.39 is 15.9 Å². The maximum Gasteiger partial charge on any atom is 0.181 e. The van der Waals surface area contributed by atoms with Crippen LogP contribution in [0.5, 0.6) is 5.75 Å². The lowest BCUT2D eigenvalue weighted by molar-refractivity contribution is 0.00478. The Morgan fingerprint density at radius 1 is 1.19 bits per heavy atom. The second kappa shape index (κ2) is 9.72. The fourth-order valence-corrected chi connectivity index (χ4v) is 6.76. The van der Waals surface area contributed by atoms with E-state index in [4.69, 9.17) is 9.47 Å². The van der Waals surface area contributed by atoms with E-state index in [2.05, 4.69) is 20.9 Å². The number of nitrogens with one attached hydrogen (secondary N) is 1. The topological polar surface area (TPSA) is 105 Å². The van der Waals surface area contributed by atoms with Crippen molar-refractivity contribution in [3.05, 3.63) is 54.2 Å². The van der Waals surface area contributed by atoms with Crippen molar-refractivity contribution in [3.63, 3.8) is 0 Å². The van der Waals surface area contributed by atoms with Crippen molar-refractivity contribution in [2.24, 2.45) is 0 Å². The van der Waals surface area contributed by atoms with E-state index in [-0.39, 0.29) is 11.9 Å². The van der Waals surface area contributed by atoms with Gasteiger partial charge in [-0.25, -0.2) is 13.4 Å². The maximum atomic E-state index is 12.9. The van der Waals surface area contributed by atoms with Crippen molar-refractivity contribution in [2.45, 2.75) is 36.0 Å². The average Bonchev–Trinajstić information content (AvgIpc) is 3.70. The smallest absolute Gasteiger partial charge is 0.181 e. The van der Waals surface area contributed by atoms with Crippen LogP contribution in [0.3, 0.4) is 0 Å². The highest BCUT2D eigenvalue weighted by Gasteiger charge is 2.37. The van der Waals surface area contributed by atoms with E-state index in [0.717, 1.165) is 64.6 Å². The predicted octanol–water partition coefficient (Wildman–Crippen LogP) is 3.70. The molecular weight excluding hydrogens is 490 g/mol. The number of aliphatic hydroxyl groups excluding tert-OH is 1. The summed E-state index contributed by atoms with van der Waals surface area (Å²) in [5.41, 5.74) is 4.26.